The van der Waals surface area contributed by atoms with E-state index in [1.807, 2.05) is 18.2 Å². The van der Waals surface area contributed by atoms with Crippen LogP contribution in [-0.2, 0) is 11.3 Å². The summed E-state index contributed by atoms with van der Waals surface area (Å²) in [6.07, 6.45) is 1.34. The minimum Gasteiger partial charge on any atom is -0.481 e. The van der Waals surface area contributed by atoms with Crippen LogP contribution in [0.3, 0.4) is 0 Å². The standard InChI is InChI=1S/C14H19ClN2O3/c1-17(10-11-6-2-3-7-12(11)15)14(20)16-9-5-4-8-13(18)19/h2-3,6-7H,4-5,8-10H2,1H3,(H,16,20)(H,18,19). The van der Waals surface area contributed by atoms with Gasteiger partial charge in [0.25, 0.3) is 0 Å². The Morgan fingerprint density at radius 2 is 2.00 bits per heavy atom. The van der Waals surface area contributed by atoms with Crippen LogP contribution in [0.5, 0.6) is 0 Å². The van der Waals surface area contributed by atoms with Gasteiger partial charge < -0.3 is 15.3 Å². The molecule has 0 aliphatic heterocycles. The summed E-state index contributed by atoms with van der Waals surface area (Å²) in [4.78, 5) is 23.7. The van der Waals surface area contributed by atoms with E-state index in [1.54, 1.807) is 18.0 Å². The molecule has 110 valence electrons. The second kappa shape index (κ2) is 8.43. The molecule has 0 bridgehead atoms. The van der Waals surface area contributed by atoms with Crippen LogP contribution < -0.4 is 5.32 Å². The van der Waals surface area contributed by atoms with Crippen molar-refractivity contribution in [2.75, 3.05) is 13.6 Å². The molecule has 2 N–H and O–H groups in total. The van der Waals surface area contributed by atoms with Gasteiger partial charge in [-0.15, -0.1) is 0 Å². The van der Waals surface area contributed by atoms with E-state index in [2.05, 4.69) is 5.32 Å². The molecular formula is C14H19ClN2O3. The SMILES string of the molecule is CN(Cc1ccccc1Cl)C(=O)NCCCCC(=O)O. The fourth-order valence-electron chi connectivity index (χ4n) is 1.69. The van der Waals surface area contributed by atoms with Crippen LogP contribution in [0.4, 0.5) is 4.79 Å². The number of unbranched alkanes of at least 4 members (excludes halogenated alkanes) is 1. The van der Waals surface area contributed by atoms with Gasteiger partial charge in [0.15, 0.2) is 0 Å². The van der Waals surface area contributed by atoms with Crippen LogP contribution in [-0.4, -0.2) is 35.6 Å². The van der Waals surface area contributed by atoms with Crippen molar-refractivity contribution in [1.82, 2.24) is 10.2 Å². The number of nitrogens with one attached hydrogen (secondary N) is 1. The van der Waals surface area contributed by atoms with Crippen molar-refractivity contribution < 1.29 is 14.7 Å². The van der Waals surface area contributed by atoms with Gasteiger partial charge in [0.2, 0.25) is 0 Å². The lowest BCUT2D eigenvalue weighted by atomic mass is 10.2. The molecule has 0 saturated carbocycles. The van der Waals surface area contributed by atoms with Crippen molar-refractivity contribution in [3.63, 3.8) is 0 Å². The molecule has 6 heteroatoms. The average Bonchev–Trinajstić information content (AvgIpc) is 2.40. The number of halogens is 1. The highest BCUT2D eigenvalue weighted by Gasteiger charge is 2.10. The molecule has 0 spiro atoms. The summed E-state index contributed by atoms with van der Waals surface area (Å²) in [6, 6.07) is 7.18. The maximum absolute atomic E-state index is 11.8. The number of carbonyl (C=O) groups excluding carboxylic acids is 1. The molecule has 0 radical (unpaired) electrons. The normalized spacial score (nSPS) is 10.1. The van der Waals surface area contributed by atoms with Crippen molar-refractivity contribution in [3.05, 3.63) is 34.9 Å². The number of amides is 2. The molecule has 0 fully saturated rings. The predicted octanol–water partition coefficient (Wildman–Crippen LogP) is 2.74. The van der Waals surface area contributed by atoms with Gasteiger partial charge in [0.1, 0.15) is 0 Å². The first-order valence-corrected chi connectivity index (χ1v) is 6.82. The van der Waals surface area contributed by atoms with E-state index in [1.165, 1.54) is 0 Å². The summed E-state index contributed by atoms with van der Waals surface area (Å²) in [7, 11) is 1.69. The lowest BCUT2D eigenvalue weighted by Crippen LogP contribution is -2.37. The number of hydrogen-bond acceptors (Lipinski definition) is 2. The van der Waals surface area contributed by atoms with Gasteiger partial charge in [-0.25, -0.2) is 4.79 Å². The first-order valence-electron chi connectivity index (χ1n) is 6.45. The highest BCUT2D eigenvalue weighted by Crippen LogP contribution is 2.16. The molecule has 0 aromatic heterocycles. The summed E-state index contributed by atoms with van der Waals surface area (Å²) in [5.41, 5.74) is 0.887. The molecule has 5 nitrogen and oxygen atoms in total. The van der Waals surface area contributed by atoms with Gasteiger partial charge in [-0.05, 0) is 24.5 Å². The first-order chi connectivity index (χ1) is 9.50. The molecule has 0 unspecified atom stereocenters. The second-order valence-corrected chi connectivity index (χ2v) is 4.94. The zero-order valence-electron chi connectivity index (χ0n) is 11.4. The first kappa shape index (κ1) is 16.3. The molecule has 0 heterocycles. The summed E-state index contributed by atoms with van der Waals surface area (Å²) in [5, 5.41) is 11.9. The smallest absolute Gasteiger partial charge is 0.317 e. The van der Waals surface area contributed by atoms with Crippen molar-refractivity contribution >= 4 is 23.6 Å². The third-order valence-corrected chi connectivity index (χ3v) is 3.17. The number of nitrogens with zero attached hydrogens (tertiary/aromatic N) is 1. The monoisotopic (exact) mass is 298 g/mol. The minimum atomic E-state index is -0.813. The third kappa shape index (κ3) is 5.93. The van der Waals surface area contributed by atoms with E-state index in [9.17, 15) is 9.59 Å². The average molecular weight is 299 g/mol. The zero-order valence-corrected chi connectivity index (χ0v) is 12.2. The van der Waals surface area contributed by atoms with E-state index in [0.717, 1.165) is 5.56 Å². The number of carboxylic acid groups (broad SMARTS) is 1. The summed E-state index contributed by atoms with van der Waals surface area (Å²) in [6.45, 7) is 0.902. The van der Waals surface area contributed by atoms with Crippen LogP contribution in [0.15, 0.2) is 24.3 Å². The predicted molar refractivity (Wildman–Crippen MR) is 77.8 cm³/mol. The Morgan fingerprint density at radius 1 is 1.30 bits per heavy atom. The highest BCUT2D eigenvalue weighted by molar-refractivity contribution is 6.31. The second-order valence-electron chi connectivity index (χ2n) is 4.53. The Kier molecular flexibility index (Phi) is 6.87. The van der Waals surface area contributed by atoms with E-state index in [0.29, 0.717) is 31.0 Å². The largest absolute Gasteiger partial charge is 0.481 e. The molecule has 0 aliphatic rings. The Labute approximate surface area is 123 Å². The van der Waals surface area contributed by atoms with Crippen molar-refractivity contribution in [1.29, 1.82) is 0 Å². The van der Waals surface area contributed by atoms with Crippen LogP contribution in [0.25, 0.3) is 0 Å². The summed E-state index contributed by atoms with van der Waals surface area (Å²) < 4.78 is 0. The number of urea groups is 1. The molecule has 20 heavy (non-hydrogen) atoms. The van der Waals surface area contributed by atoms with Crippen LogP contribution in [0.1, 0.15) is 24.8 Å². The summed E-state index contributed by atoms with van der Waals surface area (Å²) in [5.74, 6) is -0.813. The summed E-state index contributed by atoms with van der Waals surface area (Å²) >= 11 is 6.03. The maximum Gasteiger partial charge on any atom is 0.317 e. The topological polar surface area (TPSA) is 69.6 Å². The quantitative estimate of drug-likeness (QED) is 0.760. The Bertz CT molecular complexity index is 465. The molecular weight excluding hydrogens is 280 g/mol. The lowest BCUT2D eigenvalue weighted by molar-refractivity contribution is -0.137. The number of carboxylic acids is 1. The van der Waals surface area contributed by atoms with Gasteiger partial charge >= 0.3 is 12.0 Å². The van der Waals surface area contributed by atoms with Crippen molar-refractivity contribution in [2.24, 2.45) is 0 Å². The minimum absolute atomic E-state index is 0.130. The van der Waals surface area contributed by atoms with Gasteiger partial charge in [0, 0.05) is 31.6 Å². The van der Waals surface area contributed by atoms with Crippen LogP contribution >= 0.6 is 11.6 Å². The van der Waals surface area contributed by atoms with Gasteiger partial charge in [0.05, 0.1) is 0 Å². The number of rotatable bonds is 7. The highest BCUT2D eigenvalue weighted by atomic mass is 35.5. The fourth-order valence-corrected chi connectivity index (χ4v) is 1.88. The van der Waals surface area contributed by atoms with E-state index >= 15 is 0 Å². The fraction of sp³-hybridized carbons (Fsp3) is 0.429. The van der Waals surface area contributed by atoms with E-state index < -0.39 is 5.97 Å². The third-order valence-electron chi connectivity index (χ3n) is 2.81. The van der Waals surface area contributed by atoms with Crippen LogP contribution in [0.2, 0.25) is 5.02 Å². The van der Waals surface area contributed by atoms with Crippen molar-refractivity contribution in [2.45, 2.75) is 25.8 Å². The Morgan fingerprint density at radius 3 is 2.65 bits per heavy atom. The van der Waals surface area contributed by atoms with E-state index in [-0.39, 0.29) is 12.5 Å². The number of aliphatic carboxylic acids is 1. The maximum atomic E-state index is 11.8. The zero-order chi connectivity index (χ0) is 15.0. The van der Waals surface area contributed by atoms with Crippen LogP contribution in [0, 0.1) is 0 Å². The Hall–Kier alpha value is -1.75. The number of benzene rings is 1. The molecule has 0 atom stereocenters. The Balaban J connectivity index is 2.29. The molecule has 0 saturated heterocycles. The molecule has 0 aliphatic carbocycles. The molecule has 1 rings (SSSR count). The molecule has 1 aromatic carbocycles. The number of carbonyl (C=O) groups is 2. The van der Waals surface area contributed by atoms with Gasteiger partial charge in [-0.1, -0.05) is 29.8 Å². The lowest BCUT2D eigenvalue weighted by Gasteiger charge is -2.18. The van der Waals surface area contributed by atoms with E-state index in [4.69, 9.17) is 16.7 Å². The van der Waals surface area contributed by atoms with Gasteiger partial charge in [-0.3, -0.25) is 4.79 Å². The van der Waals surface area contributed by atoms with Crippen molar-refractivity contribution in [3.8, 4) is 0 Å². The van der Waals surface area contributed by atoms with Gasteiger partial charge in [-0.2, -0.15) is 0 Å². The molecule has 2 amide bonds. The number of hydrogen-bond donors (Lipinski definition) is 2. The molecule has 1 aromatic rings.